The van der Waals surface area contributed by atoms with E-state index in [1.54, 1.807) is 13.8 Å². The summed E-state index contributed by atoms with van der Waals surface area (Å²) in [5.41, 5.74) is 3.55. The number of carboxylic acids is 1. The van der Waals surface area contributed by atoms with Gasteiger partial charge in [0, 0.05) is 11.5 Å². The van der Waals surface area contributed by atoms with Crippen LogP contribution in [0.1, 0.15) is 57.6 Å². The lowest BCUT2D eigenvalue weighted by Crippen LogP contribution is -2.56. The number of hydrogen-bond donors (Lipinski definition) is 3. The molecule has 0 unspecified atom stereocenters. The molecule has 2 amide bonds. The highest BCUT2D eigenvalue weighted by atomic mass is 16.5. The predicted octanol–water partition coefficient (Wildman–Crippen LogP) is 4.31. The van der Waals surface area contributed by atoms with Gasteiger partial charge in [-0.15, -0.1) is 0 Å². The van der Waals surface area contributed by atoms with Crippen molar-refractivity contribution >= 4 is 18.0 Å². The molecular formula is C26H32N2O5. The topological polar surface area (TPSA) is 105 Å². The van der Waals surface area contributed by atoms with E-state index in [1.165, 1.54) is 0 Å². The maximum Gasteiger partial charge on any atom is 0.407 e. The Hall–Kier alpha value is -3.35. The van der Waals surface area contributed by atoms with Gasteiger partial charge in [0.15, 0.2) is 0 Å². The molecule has 0 radical (unpaired) electrons. The number of ether oxygens (including phenoxy) is 1. The Labute approximate surface area is 194 Å². The second kappa shape index (κ2) is 10.1. The molecule has 0 saturated heterocycles. The van der Waals surface area contributed by atoms with Crippen molar-refractivity contribution in [1.29, 1.82) is 0 Å². The van der Waals surface area contributed by atoms with Crippen LogP contribution in [-0.4, -0.2) is 41.3 Å². The van der Waals surface area contributed by atoms with E-state index in [1.807, 2.05) is 50.2 Å². The van der Waals surface area contributed by atoms with Crippen LogP contribution >= 0.6 is 0 Å². The minimum absolute atomic E-state index is 0.0754. The average Bonchev–Trinajstić information content (AvgIpc) is 3.08. The number of alkyl carbamates (subject to hydrolysis) is 1. The van der Waals surface area contributed by atoms with Gasteiger partial charge in [-0.05, 0) is 42.0 Å². The number of amides is 2. The quantitative estimate of drug-likeness (QED) is 0.526. The number of rotatable bonds is 9. The minimum Gasteiger partial charge on any atom is -0.481 e. The Balaban J connectivity index is 1.68. The van der Waals surface area contributed by atoms with E-state index in [0.29, 0.717) is 6.42 Å². The number of fused-ring (bicyclic) bond motifs is 3. The Bertz CT molecular complexity index is 987. The summed E-state index contributed by atoms with van der Waals surface area (Å²) in [4.78, 5) is 36.7. The fraction of sp³-hybridized carbons (Fsp3) is 0.423. The van der Waals surface area contributed by atoms with E-state index in [9.17, 15) is 14.4 Å². The van der Waals surface area contributed by atoms with Gasteiger partial charge in [0.25, 0.3) is 0 Å². The molecule has 176 valence electrons. The van der Waals surface area contributed by atoms with Crippen LogP contribution in [0.15, 0.2) is 48.5 Å². The lowest BCUT2D eigenvalue weighted by molar-refractivity contribution is -0.138. The standard InChI is InChI=1S/C26H32N2O5/c1-5-16(2)23(24(31)28-26(3,4)14-22(29)30)27-25(32)33-15-21-19-12-8-6-10-17(19)18-11-7-9-13-20(18)21/h6-13,16,21,23H,5,14-15H2,1-4H3,(H,27,32)(H,28,31)(H,29,30)/t16-,23-/m0/s1. The molecule has 1 aliphatic carbocycles. The van der Waals surface area contributed by atoms with E-state index in [2.05, 4.69) is 22.8 Å². The zero-order valence-corrected chi connectivity index (χ0v) is 19.6. The largest absolute Gasteiger partial charge is 0.481 e. The monoisotopic (exact) mass is 452 g/mol. The van der Waals surface area contributed by atoms with Crippen LogP contribution in [0.4, 0.5) is 4.79 Å². The van der Waals surface area contributed by atoms with Crippen LogP contribution in [0.25, 0.3) is 11.1 Å². The van der Waals surface area contributed by atoms with Crippen LogP contribution in [0.5, 0.6) is 0 Å². The van der Waals surface area contributed by atoms with Crippen LogP contribution in [0.2, 0.25) is 0 Å². The molecule has 0 saturated carbocycles. The summed E-state index contributed by atoms with van der Waals surface area (Å²) in [5, 5.41) is 14.5. The van der Waals surface area contributed by atoms with Gasteiger partial charge in [0.1, 0.15) is 12.6 Å². The van der Waals surface area contributed by atoms with Crippen molar-refractivity contribution in [2.75, 3.05) is 6.61 Å². The van der Waals surface area contributed by atoms with Crippen molar-refractivity contribution in [3.8, 4) is 11.1 Å². The van der Waals surface area contributed by atoms with Gasteiger partial charge in [0.05, 0.1) is 6.42 Å². The summed E-state index contributed by atoms with van der Waals surface area (Å²) in [6.07, 6.45) is -0.244. The Morgan fingerprint density at radius 2 is 1.58 bits per heavy atom. The molecule has 33 heavy (non-hydrogen) atoms. The van der Waals surface area contributed by atoms with Gasteiger partial charge in [-0.25, -0.2) is 4.79 Å². The Morgan fingerprint density at radius 3 is 2.09 bits per heavy atom. The smallest absolute Gasteiger partial charge is 0.407 e. The first-order chi connectivity index (χ1) is 15.6. The SMILES string of the molecule is CC[C@H](C)[C@H](NC(=O)OCC1c2ccccc2-c2ccccc21)C(=O)NC(C)(C)CC(=O)O. The third-order valence-corrected chi connectivity index (χ3v) is 6.17. The summed E-state index contributed by atoms with van der Waals surface area (Å²) < 4.78 is 5.59. The predicted molar refractivity (Wildman–Crippen MR) is 126 cm³/mol. The number of carbonyl (C=O) groups is 3. The number of benzene rings is 2. The molecule has 1 aliphatic rings. The first-order valence-corrected chi connectivity index (χ1v) is 11.3. The van der Waals surface area contributed by atoms with Crippen LogP contribution in [0, 0.1) is 5.92 Å². The van der Waals surface area contributed by atoms with Crippen molar-refractivity contribution in [3.63, 3.8) is 0 Å². The summed E-state index contributed by atoms with van der Waals surface area (Å²) in [6.45, 7) is 7.21. The molecule has 0 fully saturated rings. The lowest BCUT2D eigenvalue weighted by atomic mass is 9.95. The van der Waals surface area contributed by atoms with Crippen LogP contribution in [0.3, 0.4) is 0 Å². The molecule has 3 N–H and O–H groups in total. The van der Waals surface area contributed by atoms with Gasteiger partial charge in [-0.1, -0.05) is 68.8 Å². The normalized spacial score (nSPS) is 14.5. The molecule has 0 bridgehead atoms. The number of aliphatic carboxylic acids is 1. The Morgan fingerprint density at radius 1 is 1.03 bits per heavy atom. The zero-order valence-electron chi connectivity index (χ0n) is 19.6. The second-order valence-corrected chi connectivity index (χ2v) is 9.28. The fourth-order valence-electron chi connectivity index (χ4n) is 4.30. The van der Waals surface area contributed by atoms with Crippen LogP contribution < -0.4 is 10.6 Å². The molecule has 2 aromatic carbocycles. The van der Waals surface area contributed by atoms with Crippen molar-refractivity contribution in [3.05, 3.63) is 59.7 Å². The first kappa shape index (κ1) is 24.3. The summed E-state index contributed by atoms with van der Waals surface area (Å²) in [7, 11) is 0. The third-order valence-electron chi connectivity index (χ3n) is 6.17. The van der Waals surface area contributed by atoms with Gasteiger partial charge < -0.3 is 20.5 Å². The maximum atomic E-state index is 12.9. The van der Waals surface area contributed by atoms with E-state index < -0.39 is 29.6 Å². The van der Waals surface area contributed by atoms with Crippen molar-refractivity contribution in [2.45, 2.75) is 58.0 Å². The molecule has 0 aromatic heterocycles. The number of hydrogen-bond acceptors (Lipinski definition) is 4. The van der Waals surface area contributed by atoms with Crippen molar-refractivity contribution in [1.82, 2.24) is 10.6 Å². The van der Waals surface area contributed by atoms with Gasteiger partial charge in [-0.2, -0.15) is 0 Å². The van der Waals surface area contributed by atoms with E-state index in [4.69, 9.17) is 9.84 Å². The molecule has 0 aliphatic heterocycles. The molecule has 2 aromatic rings. The molecule has 0 heterocycles. The van der Waals surface area contributed by atoms with Crippen molar-refractivity contribution < 1.29 is 24.2 Å². The fourth-order valence-corrected chi connectivity index (χ4v) is 4.30. The Kier molecular flexibility index (Phi) is 7.41. The third kappa shape index (κ3) is 5.72. The number of carbonyl (C=O) groups excluding carboxylic acids is 2. The lowest BCUT2D eigenvalue weighted by Gasteiger charge is -2.30. The van der Waals surface area contributed by atoms with Crippen LogP contribution in [-0.2, 0) is 14.3 Å². The van der Waals surface area contributed by atoms with Gasteiger partial charge >= 0.3 is 12.1 Å². The highest BCUT2D eigenvalue weighted by Crippen LogP contribution is 2.44. The molecule has 7 heteroatoms. The highest BCUT2D eigenvalue weighted by Gasteiger charge is 2.33. The number of nitrogens with one attached hydrogen (secondary N) is 2. The molecular weight excluding hydrogens is 420 g/mol. The molecule has 2 atom stereocenters. The number of carboxylic acid groups (broad SMARTS) is 1. The molecule has 3 rings (SSSR count). The van der Waals surface area contributed by atoms with Crippen molar-refractivity contribution in [2.24, 2.45) is 5.92 Å². The molecule has 0 spiro atoms. The van der Waals surface area contributed by atoms with Gasteiger partial charge in [-0.3, -0.25) is 9.59 Å². The minimum atomic E-state index is -1.01. The van der Waals surface area contributed by atoms with E-state index in [-0.39, 0.29) is 24.9 Å². The second-order valence-electron chi connectivity index (χ2n) is 9.28. The maximum absolute atomic E-state index is 12.9. The summed E-state index contributed by atoms with van der Waals surface area (Å²) >= 11 is 0. The average molecular weight is 453 g/mol. The summed E-state index contributed by atoms with van der Waals surface area (Å²) in [5.74, 6) is -1.67. The van der Waals surface area contributed by atoms with E-state index in [0.717, 1.165) is 22.3 Å². The highest BCUT2D eigenvalue weighted by molar-refractivity contribution is 5.87. The zero-order chi connectivity index (χ0) is 24.2. The van der Waals surface area contributed by atoms with Gasteiger partial charge in [0.2, 0.25) is 5.91 Å². The van der Waals surface area contributed by atoms with E-state index >= 15 is 0 Å². The first-order valence-electron chi connectivity index (χ1n) is 11.3. The molecule has 7 nitrogen and oxygen atoms in total. The summed E-state index contributed by atoms with van der Waals surface area (Å²) in [6, 6.07) is 15.3.